The van der Waals surface area contributed by atoms with Crippen molar-refractivity contribution in [2.24, 2.45) is 5.92 Å². The fraction of sp³-hybridized carbons (Fsp3) is 0.231. The van der Waals surface area contributed by atoms with Crippen LogP contribution >= 0.6 is 0 Å². The van der Waals surface area contributed by atoms with Crippen LogP contribution in [0.1, 0.15) is 12.0 Å². The van der Waals surface area contributed by atoms with Crippen molar-refractivity contribution < 1.29 is 18.7 Å². The first-order valence-corrected chi connectivity index (χ1v) is 10.8. The Kier molecular flexibility index (Phi) is 5.27. The molecule has 2 heterocycles. The predicted molar refractivity (Wildman–Crippen MR) is 124 cm³/mol. The minimum absolute atomic E-state index is 0.212. The SMILES string of the molecule is COc1cc2c(cc1N1CC[C@@H](C(=O)NCCc3ccccc3)C1=O)oc1ccccc12. The number of nitrogens with one attached hydrogen (secondary N) is 1. The molecule has 0 unspecified atom stereocenters. The van der Waals surface area contributed by atoms with E-state index >= 15 is 0 Å². The van der Waals surface area contributed by atoms with Crippen LogP contribution in [0.4, 0.5) is 5.69 Å². The van der Waals surface area contributed by atoms with Gasteiger partial charge in [-0.25, -0.2) is 0 Å². The van der Waals surface area contributed by atoms with E-state index in [1.807, 2.05) is 66.7 Å². The van der Waals surface area contributed by atoms with Gasteiger partial charge in [-0.2, -0.15) is 0 Å². The maximum absolute atomic E-state index is 13.1. The lowest BCUT2D eigenvalue weighted by molar-refractivity contribution is -0.132. The summed E-state index contributed by atoms with van der Waals surface area (Å²) in [5.41, 5.74) is 3.25. The predicted octanol–water partition coefficient (Wildman–Crippen LogP) is 4.31. The number of anilines is 1. The molecule has 0 radical (unpaired) electrons. The summed E-state index contributed by atoms with van der Waals surface area (Å²) in [6, 6.07) is 21.5. The minimum atomic E-state index is -0.693. The third kappa shape index (κ3) is 3.58. The van der Waals surface area contributed by atoms with E-state index in [9.17, 15) is 9.59 Å². The number of amides is 2. The number of methoxy groups -OCH3 is 1. The largest absolute Gasteiger partial charge is 0.495 e. The summed E-state index contributed by atoms with van der Waals surface area (Å²) in [7, 11) is 1.58. The second-order valence-electron chi connectivity index (χ2n) is 7.98. The molecular weight excluding hydrogens is 404 g/mol. The molecule has 0 saturated carbocycles. The zero-order valence-corrected chi connectivity index (χ0v) is 17.8. The molecule has 1 aromatic heterocycles. The molecule has 6 heteroatoms. The summed E-state index contributed by atoms with van der Waals surface area (Å²) >= 11 is 0. The molecule has 1 saturated heterocycles. The highest BCUT2D eigenvalue weighted by Gasteiger charge is 2.38. The van der Waals surface area contributed by atoms with Crippen molar-refractivity contribution in [3.05, 3.63) is 72.3 Å². The average molecular weight is 428 g/mol. The molecule has 3 aromatic carbocycles. The third-order valence-corrected chi connectivity index (χ3v) is 6.05. The maximum Gasteiger partial charge on any atom is 0.239 e. The molecule has 1 atom stereocenters. The molecule has 1 fully saturated rings. The van der Waals surface area contributed by atoms with Crippen molar-refractivity contribution in [3.8, 4) is 5.75 Å². The van der Waals surface area contributed by atoms with Gasteiger partial charge in [0.2, 0.25) is 11.8 Å². The molecule has 0 aliphatic carbocycles. The van der Waals surface area contributed by atoms with E-state index in [1.54, 1.807) is 12.0 Å². The van der Waals surface area contributed by atoms with Crippen molar-refractivity contribution in [3.63, 3.8) is 0 Å². The highest BCUT2D eigenvalue weighted by Crippen LogP contribution is 2.40. The highest BCUT2D eigenvalue weighted by molar-refractivity contribution is 6.12. The molecule has 1 N–H and O–H groups in total. The van der Waals surface area contributed by atoms with Crippen LogP contribution in [-0.2, 0) is 16.0 Å². The molecule has 4 aromatic rings. The summed E-state index contributed by atoms with van der Waals surface area (Å²) in [5.74, 6) is -0.544. The van der Waals surface area contributed by atoms with Gasteiger partial charge >= 0.3 is 0 Å². The molecule has 1 aliphatic heterocycles. The Hall–Kier alpha value is -3.80. The number of para-hydroxylation sites is 1. The first kappa shape index (κ1) is 20.1. The molecule has 1 aliphatic rings. The van der Waals surface area contributed by atoms with E-state index in [-0.39, 0.29) is 11.8 Å². The monoisotopic (exact) mass is 428 g/mol. The first-order valence-electron chi connectivity index (χ1n) is 10.8. The van der Waals surface area contributed by atoms with E-state index in [0.29, 0.717) is 36.5 Å². The standard InChI is InChI=1S/C26H24N2O4/c1-31-24-15-20-18-9-5-6-10-22(18)32-23(20)16-21(24)28-14-12-19(26(28)30)25(29)27-13-11-17-7-3-2-4-8-17/h2-10,15-16,19H,11-14H2,1H3,(H,27,29)/t19-/m0/s1. The minimum Gasteiger partial charge on any atom is -0.495 e. The van der Waals surface area contributed by atoms with Crippen molar-refractivity contribution in [2.45, 2.75) is 12.8 Å². The second-order valence-corrected chi connectivity index (χ2v) is 7.98. The van der Waals surface area contributed by atoms with E-state index in [2.05, 4.69) is 5.32 Å². The van der Waals surface area contributed by atoms with Gasteiger partial charge < -0.3 is 19.4 Å². The fourth-order valence-corrected chi connectivity index (χ4v) is 4.38. The third-order valence-electron chi connectivity index (χ3n) is 6.05. The Labute approximate surface area is 185 Å². The van der Waals surface area contributed by atoms with Crippen LogP contribution in [0.5, 0.6) is 5.75 Å². The number of hydrogen-bond donors (Lipinski definition) is 1. The summed E-state index contributed by atoms with van der Waals surface area (Å²) < 4.78 is 11.6. The Morgan fingerprint density at radius 1 is 1.06 bits per heavy atom. The number of furan rings is 1. The van der Waals surface area contributed by atoms with E-state index < -0.39 is 5.92 Å². The van der Waals surface area contributed by atoms with E-state index in [4.69, 9.17) is 9.15 Å². The smallest absolute Gasteiger partial charge is 0.239 e. The van der Waals surface area contributed by atoms with Crippen molar-refractivity contribution in [2.75, 3.05) is 25.1 Å². The van der Waals surface area contributed by atoms with Gasteiger partial charge in [-0.3, -0.25) is 9.59 Å². The molecule has 162 valence electrons. The maximum atomic E-state index is 13.1. The number of nitrogens with zero attached hydrogens (tertiary/aromatic N) is 1. The lowest BCUT2D eigenvalue weighted by Gasteiger charge is -2.19. The van der Waals surface area contributed by atoms with E-state index in [1.165, 1.54) is 0 Å². The van der Waals surface area contributed by atoms with Crippen LogP contribution in [-0.4, -0.2) is 32.0 Å². The molecule has 6 nitrogen and oxygen atoms in total. The van der Waals surface area contributed by atoms with Gasteiger partial charge in [-0.15, -0.1) is 0 Å². The van der Waals surface area contributed by atoms with Gasteiger partial charge in [0.25, 0.3) is 0 Å². The van der Waals surface area contributed by atoms with Crippen LogP contribution < -0.4 is 15.0 Å². The molecule has 5 rings (SSSR count). The normalized spacial score (nSPS) is 16.1. The zero-order valence-electron chi connectivity index (χ0n) is 17.8. The average Bonchev–Trinajstić information content (AvgIpc) is 3.38. The zero-order chi connectivity index (χ0) is 22.1. The lowest BCUT2D eigenvalue weighted by Crippen LogP contribution is -2.37. The molecule has 0 spiro atoms. The van der Waals surface area contributed by atoms with Gasteiger partial charge in [0.15, 0.2) is 0 Å². The highest BCUT2D eigenvalue weighted by atomic mass is 16.5. The Bertz CT molecular complexity index is 1300. The molecule has 0 bridgehead atoms. The van der Waals surface area contributed by atoms with Crippen molar-refractivity contribution in [1.29, 1.82) is 0 Å². The van der Waals surface area contributed by atoms with Gasteiger partial charge in [0, 0.05) is 29.9 Å². The summed E-state index contributed by atoms with van der Waals surface area (Å²) in [6.45, 7) is 0.957. The van der Waals surface area contributed by atoms with Crippen LogP contribution in [0.25, 0.3) is 21.9 Å². The van der Waals surface area contributed by atoms with Crippen LogP contribution in [0.3, 0.4) is 0 Å². The molecular formula is C26H24N2O4. The lowest BCUT2D eigenvalue weighted by atomic mass is 10.1. The van der Waals surface area contributed by atoms with Gasteiger partial charge in [-0.05, 0) is 30.5 Å². The molecule has 2 amide bonds. The Balaban J connectivity index is 1.34. The van der Waals surface area contributed by atoms with Gasteiger partial charge in [-0.1, -0.05) is 48.5 Å². The number of carbonyl (C=O) groups excluding carboxylic acids is 2. The number of fused-ring (bicyclic) bond motifs is 3. The summed E-state index contributed by atoms with van der Waals surface area (Å²) in [6.07, 6.45) is 1.20. The quantitative estimate of drug-likeness (QED) is 0.465. The first-order chi connectivity index (χ1) is 15.7. The fourth-order valence-electron chi connectivity index (χ4n) is 4.38. The number of benzene rings is 3. The van der Waals surface area contributed by atoms with E-state index in [0.717, 1.165) is 28.3 Å². The van der Waals surface area contributed by atoms with Gasteiger partial charge in [0.05, 0.1) is 12.8 Å². The number of rotatable bonds is 6. The van der Waals surface area contributed by atoms with Crippen LogP contribution in [0, 0.1) is 5.92 Å². The Morgan fingerprint density at radius 3 is 2.66 bits per heavy atom. The second kappa shape index (κ2) is 8.38. The summed E-state index contributed by atoms with van der Waals surface area (Å²) in [5, 5.41) is 4.84. The molecule has 32 heavy (non-hydrogen) atoms. The number of carbonyl (C=O) groups is 2. The van der Waals surface area contributed by atoms with Crippen LogP contribution in [0.2, 0.25) is 0 Å². The van der Waals surface area contributed by atoms with Crippen molar-refractivity contribution >= 4 is 39.4 Å². The van der Waals surface area contributed by atoms with Gasteiger partial charge in [0.1, 0.15) is 22.8 Å². The topological polar surface area (TPSA) is 71.8 Å². The number of hydrogen-bond acceptors (Lipinski definition) is 4. The van der Waals surface area contributed by atoms with Crippen molar-refractivity contribution in [1.82, 2.24) is 5.32 Å². The van der Waals surface area contributed by atoms with Crippen LogP contribution in [0.15, 0.2) is 71.1 Å². The number of ether oxygens (including phenoxy) is 1. The Morgan fingerprint density at radius 2 is 1.84 bits per heavy atom. The summed E-state index contributed by atoms with van der Waals surface area (Å²) in [4.78, 5) is 27.5.